The number of H-pyrrole nitrogens is 1. The second kappa shape index (κ2) is 11.4. The molecule has 17 nitrogen and oxygen atoms in total. The van der Waals surface area contributed by atoms with Gasteiger partial charge in [-0.25, -0.2) is 28.5 Å². The Kier molecular flexibility index (Phi) is 8.14. The van der Waals surface area contributed by atoms with Gasteiger partial charge in [0.25, 0.3) is 5.56 Å². The topological polar surface area (TPSA) is 228 Å². The number of nitrogens with zero attached hydrogens (tertiary/aromatic N) is 5. The fourth-order valence-electron chi connectivity index (χ4n) is 5.14. The number of nitrogens with one attached hydrogen (secondary N) is 2. The van der Waals surface area contributed by atoms with Gasteiger partial charge < -0.3 is 25.4 Å². The summed E-state index contributed by atoms with van der Waals surface area (Å²) in [4.78, 5) is 30.5. The quantitative estimate of drug-likeness (QED) is 0.172. The molecule has 0 amide bonds. The average molecular weight is 667 g/mol. The fourth-order valence-corrected chi connectivity index (χ4v) is 8.16. The van der Waals surface area contributed by atoms with Gasteiger partial charge in [-0.15, -0.1) is 0 Å². The van der Waals surface area contributed by atoms with Crippen molar-refractivity contribution in [3.05, 3.63) is 35.3 Å². The molecule has 2 aliphatic heterocycles. The van der Waals surface area contributed by atoms with E-state index in [1.165, 1.54) is 23.4 Å². The van der Waals surface area contributed by atoms with E-state index in [0.29, 0.717) is 5.82 Å². The molecule has 22 heteroatoms. The van der Waals surface area contributed by atoms with E-state index in [-0.39, 0.29) is 23.5 Å². The number of halogens is 1. The number of alkyl halides is 1. The molecule has 42 heavy (non-hydrogen) atoms. The van der Waals surface area contributed by atoms with Crippen LogP contribution in [0, 0.1) is 5.92 Å². The lowest BCUT2D eigenvalue weighted by Gasteiger charge is -2.27. The molecule has 0 radical (unpaired) electrons. The molecule has 3 fully saturated rings. The average Bonchev–Trinajstić information content (AvgIpc) is 3.57. The first kappa shape index (κ1) is 29.9. The summed E-state index contributed by atoms with van der Waals surface area (Å²) >= 11 is 8.09. The third-order valence-electron chi connectivity index (χ3n) is 7.04. The predicted molar refractivity (Wildman–Crippen MR) is 150 cm³/mol. The van der Waals surface area contributed by atoms with E-state index in [0.717, 1.165) is 0 Å². The van der Waals surface area contributed by atoms with Crippen molar-refractivity contribution in [2.24, 2.45) is 5.92 Å². The summed E-state index contributed by atoms with van der Waals surface area (Å²) in [5.74, 6) is -0.674. The Balaban J connectivity index is 1.29. The molecule has 0 aromatic carbocycles. The number of aliphatic hydroxyl groups is 1. The summed E-state index contributed by atoms with van der Waals surface area (Å²) in [7, 11) is 0. The largest absolute Gasteiger partial charge is 0.387 e. The number of hydrogen-bond acceptors (Lipinski definition) is 15. The van der Waals surface area contributed by atoms with E-state index in [9.17, 15) is 19.0 Å². The second-order valence-corrected chi connectivity index (χ2v) is 15.5. The molecule has 6 rings (SSSR count). The van der Waals surface area contributed by atoms with Gasteiger partial charge in [0.1, 0.15) is 42.7 Å². The smallest absolute Gasteiger partial charge is 0.386 e. The summed E-state index contributed by atoms with van der Waals surface area (Å²) in [6, 6.07) is 0.685. The Labute approximate surface area is 246 Å². The third kappa shape index (κ3) is 5.97. The normalized spacial score (nSPS) is 39.2. The van der Waals surface area contributed by atoms with Gasteiger partial charge in [-0.05, 0) is 12.5 Å². The number of aliphatic hydroxyl groups excluding tert-OH is 1. The van der Waals surface area contributed by atoms with E-state index in [1.807, 2.05) is 0 Å². The number of aromatic nitrogens is 6. The van der Waals surface area contributed by atoms with E-state index in [2.05, 4.69) is 54.7 Å². The first-order valence-corrected chi connectivity index (χ1v) is 17.8. The maximum Gasteiger partial charge on any atom is 0.386 e. The molecule has 3 aliphatic rings. The number of imidazole rings is 1. The van der Waals surface area contributed by atoms with Gasteiger partial charge in [0.2, 0.25) is 5.95 Å². The molecule has 1 aliphatic carbocycles. The highest BCUT2D eigenvalue weighted by Gasteiger charge is 2.52. The number of fused-ring (bicyclic) bond motifs is 4. The van der Waals surface area contributed by atoms with E-state index in [1.54, 1.807) is 6.07 Å². The molecular weight excluding hydrogens is 641 g/mol. The van der Waals surface area contributed by atoms with Gasteiger partial charge in [-0.2, -0.15) is 4.98 Å². The minimum atomic E-state index is -4.28. The third-order valence-corrected chi connectivity index (χ3v) is 10.3. The molecule has 2 bridgehead atoms. The second-order valence-electron chi connectivity index (χ2n) is 9.79. The lowest BCUT2D eigenvalue weighted by atomic mass is 10.1. The van der Waals surface area contributed by atoms with Crippen molar-refractivity contribution in [3.63, 3.8) is 0 Å². The number of ether oxygens (including phenoxy) is 1. The van der Waals surface area contributed by atoms with E-state index < -0.39 is 81.1 Å². The monoisotopic (exact) mass is 666 g/mol. The maximum atomic E-state index is 15.6. The number of rotatable bonds is 3. The minimum absolute atomic E-state index is 0.0205. The summed E-state index contributed by atoms with van der Waals surface area (Å²) in [6.07, 6.45) is -4.61. The zero-order valence-electron chi connectivity index (χ0n) is 21.2. The zero-order chi connectivity index (χ0) is 29.8. The Bertz CT molecular complexity index is 1620. The van der Waals surface area contributed by atoms with Gasteiger partial charge in [0.05, 0.1) is 25.6 Å². The number of nitrogens with two attached hydrogens (primary N) is 1. The van der Waals surface area contributed by atoms with Crippen LogP contribution in [-0.2, 0) is 32.0 Å². The maximum absolute atomic E-state index is 15.6. The van der Waals surface area contributed by atoms with Gasteiger partial charge in [0.15, 0.2) is 17.4 Å². The molecular formula is C20H25FN8O9P2S2. The van der Waals surface area contributed by atoms with E-state index >= 15 is 4.39 Å². The standard InChI is InChI=1S/C20H25FN8O9P2S2/c21-12-9(26-11-1-2-23-6-24-11)3-8-4-34-39(32,41)38-16-14(30)10(5-35-40(33,42)37-15(8)12)36-19(16)29-7-25-13-17(29)27-20(22)28-18(13)31/h1-2,6-10,12,14-16,19,30H,3-5H2,(H,32,41)(H,33,42)(H,23,24,26)(H3,22,27,28,31)/t8-,9-,10-,12+,14-,15-,16-,19-,39-,40-/m1/s1. The van der Waals surface area contributed by atoms with Crippen LogP contribution in [0.4, 0.5) is 16.2 Å². The highest BCUT2D eigenvalue weighted by Crippen LogP contribution is 2.60. The van der Waals surface area contributed by atoms with Crippen LogP contribution in [0.5, 0.6) is 0 Å². The van der Waals surface area contributed by atoms with Gasteiger partial charge in [-0.1, -0.05) is 24.5 Å². The Morgan fingerprint density at radius 3 is 2.64 bits per heavy atom. The zero-order valence-corrected chi connectivity index (χ0v) is 24.8. The Morgan fingerprint density at radius 1 is 1.17 bits per heavy atom. The lowest BCUT2D eigenvalue weighted by molar-refractivity contribution is -0.0498. The van der Waals surface area contributed by atoms with Crippen LogP contribution in [0.3, 0.4) is 0 Å². The van der Waals surface area contributed by atoms with Crippen LogP contribution in [0.25, 0.3) is 11.2 Å². The van der Waals surface area contributed by atoms with Crippen LogP contribution in [0.1, 0.15) is 12.6 Å². The van der Waals surface area contributed by atoms with Gasteiger partial charge in [0, 0.05) is 12.1 Å². The molecule has 0 unspecified atom stereocenters. The van der Waals surface area contributed by atoms with Crippen LogP contribution in [-0.4, -0.2) is 84.4 Å². The van der Waals surface area contributed by atoms with Crippen molar-refractivity contribution in [2.45, 2.75) is 49.3 Å². The molecule has 3 aromatic rings. The molecule has 5 N–H and O–H groups in total. The number of anilines is 2. The predicted octanol–water partition coefficient (Wildman–Crippen LogP) is 1.48. The highest BCUT2D eigenvalue weighted by atomic mass is 32.7. The van der Waals surface area contributed by atoms with Crippen LogP contribution in [0.15, 0.2) is 29.7 Å². The fraction of sp³-hybridized carbons (Fsp3) is 0.550. The Morgan fingerprint density at radius 2 is 1.90 bits per heavy atom. The molecule has 10 atom stereocenters. The number of aromatic amines is 1. The van der Waals surface area contributed by atoms with Crippen molar-refractivity contribution in [2.75, 3.05) is 24.3 Å². The van der Waals surface area contributed by atoms with Crippen molar-refractivity contribution in [1.29, 1.82) is 0 Å². The number of nitrogen functional groups attached to an aromatic ring is 1. The summed E-state index contributed by atoms with van der Waals surface area (Å²) < 4.78 is 71.6. The Hall–Kier alpha value is -2.12. The van der Waals surface area contributed by atoms with Crippen LogP contribution < -0.4 is 16.6 Å². The van der Waals surface area contributed by atoms with Crippen molar-refractivity contribution in [3.8, 4) is 0 Å². The highest BCUT2D eigenvalue weighted by molar-refractivity contribution is 8.44. The summed E-state index contributed by atoms with van der Waals surface area (Å²) in [5, 5.41) is 14.0. The molecule has 0 spiro atoms. The van der Waals surface area contributed by atoms with Crippen LogP contribution >= 0.6 is 38.1 Å². The van der Waals surface area contributed by atoms with Crippen molar-refractivity contribution < 1.29 is 41.5 Å². The van der Waals surface area contributed by atoms with Crippen LogP contribution in [0.2, 0.25) is 0 Å². The van der Waals surface area contributed by atoms with Crippen molar-refractivity contribution in [1.82, 2.24) is 29.5 Å². The first-order chi connectivity index (χ1) is 19.9. The molecule has 1 saturated carbocycles. The molecule has 5 heterocycles. The van der Waals surface area contributed by atoms with Gasteiger partial charge >= 0.3 is 13.6 Å². The summed E-state index contributed by atoms with van der Waals surface area (Å²) in [5.41, 5.74) is 4.95. The molecule has 2 saturated heterocycles. The summed E-state index contributed by atoms with van der Waals surface area (Å²) in [6.45, 7) is -9.50. The molecule has 3 aromatic heterocycles. The SMILES string of the molecule is Nc1nc2c(ncn2[C@@H]2O[C@@H]3CO[P@@](=O)(S)O[C@@H]4[C@@H](CO[P@@](=O)(S)O[C@@H]2[C@@H]3O)C[C@@H](Nc2ccncn2)[C@@H]4F)c(=O)[nH]1. The molecule has 228 valence electrons. The lowest BCUT2D eigenvalue weighted by Crippen LogP contribution is -2.35. The minimum Gasteiger partial charge on any atom is -0.387 e. The van der Waals surface area contributed by atoms with Gasteiger partial charge in [-0.3, -0.25) is 27.9 Å². The van der Waals surface area contributed by atoms with Crippen molar-refractivity contribution >= 4 is 61.0 Å². The number of hydrogen-bond donors (Lipinski definition) is 6. The van der Waals surface area contributed by atoms with E-state index in [4.69, 9.17) is 28.6 Å². The first-order valence-electron chi connectivity index (χ1n) is 12.4. The number of thiol groups is 2.